The maximum Gasteiger partial charge on any atom is 0.432 e. The molecule has 184 valence electrons. The first-order valence-corrected chi connectivity index (χ1v) is 11.5. The summed E-state index contributed by atoms with van der Waals surface area (Å²) in [5.41, 5.74) is -1.36. The zero-order valence-electron chi connectivity index (χ0n) is 19.3. The van der Waals surface area contributed by atoms with E-state index in [1.807, 2.05) is 54.6 Å². The van der Waals surface area contributed by atoms with Crippen molar-refractivity contribution in [3.05, 3.63) is 90.5 Å². The maximum absolute atomic E-state index is 14.1. The van der Waals surface area contributed by atoms with E-state index in [1.165, 1.54) is 24.3 Å². The molecule has 0 amide bonds. The van der Waals surface area contributed by atoms with Gasteiger partial charge < -0.3 is 14.2 Å². The first kappa shape index (κ1) is 24.8. The smallest absolute Gasteiger partial charge is 0.432 e. The quantitative estimate of drug-likeness (QED) is 0.351. The molecule has 0 heterocycles. The van der Waals surface area contributed by atoms with Crippen molar-refractivity contribution >= 4 is 5.97 Å². The highest BCUT2D eigenvalue weighted by Crippen LogP contribution is 2.43. The van der Waals surface area contributed by atoms with Crippen LogP contribution in [-0.2, 0) is 19.9 Å². The second kappa shape index (κ2) is 10.5. The van der Waals surface area contributed by atoms with Gasteiger partial charge >= 0.3 is 12.1 Å². The van der Waals surface area contributed by atoms with Gasteiger partial charge in [0, 0.05) is 19.1 Å². The van der Waals surface area contributed by atoms with Crippen LogP contribution in [0.15, 0.2) is 84.9 Å². The minimum absolute atomic E-state index is 0.274. The van der Waals surface area contributed by atoms with Crippen LogP contribution in [0, 0.1) is 0 Å². The number of benzene rings is 3. The average Bonchev–Trinajstić information content (AvgIpc) is 2.86. The molecule has 0 N–H and O–H groups in total. The third kappa shape index (κ3) is 5.35. The summed E-state index contributed by atoms with van der Waals surface area (Å²) in [6.45, 7) is 0. The second-order valence-electron chi connectivity index (χ2n) is 8.57. The van der Waals surface area contributed by atoms with Crippen LogP contribution in [0.2, 0.25) is 0 Å². The molecule has 3 aromatic rings. The molecule has 1 aliphatic rings. The van der Waals surface area contributed by atoms with Gasteiger partial charge in [0.1, 0.15) is 18.0 Å². The number of methoxy groups -OCH3 is 1. The molecule has 0 aromatic heterocycles. The minimum atomic E-state index is -4.99. The largest absolute Gasteiger partial charge is 0.490 e. The first-order chi connectivity index (χ1) is 16.8. The molecule has 7 heteroatoms. The lowest BCUT2D eigenvalue weighted by Gasteiger charge is -2.35. The number of ether oxygens (including phenoxy) is 3. The van der Waals surface area contributed by atoms with E-state index < -0.39 is 23.9 Å². The highest BCUT2D eigenvalue weighted by Gasteiger charge is 2.64. The number of rotatable bonds is 7. The van der Waals surface area contributed by atoms with Crippen LogP contribution in [0.1, 0.15) is 31.2 Å². The molecule has 1 saturated carbocycles. The summed E-state index contributed by atoms with van der Waals surface area (Å²) < 4.78 is 58.7. The Morgan fingerprint density at radius 3 is 1.97 bits per heavy atom. The zero-order valence-corrected chi connectivity index (χ0v) is 19.3. The molecule has 2 unspecified atom stereocenters. The zero-order chi connectivity index (χ0) is 24.9. The molecule has 4 rings (SSSR count). The third-order valence-electron chi connectivity index (χ3n) is 6.29. The first-order valence-electron chi connectivity index (χ1n) is 11.5. The van der Waals surface area contributed by atoms with E-state index in [1.54, 1.807) is 6.07 Å². The van der Waals surface area contributed by atoms with Crippen molar-refractivity contribution in [1.29, 1.82) is 0 Å². The predicted octanol–water partition coefficient (Wildman–Crippen LogP) is 6.69. The Kier molecular flexibility index (Phi) is 7.45. The van der Waals surface area contributed by atoms with Crippen LogP contribution in [0.5, 0.6) is 5.75 Å². The van der Waals surface area contributed by atoms with Gasteiger partial charge in [-0.1, -0.05) is 72.8 Å². The van der Waals surface area contributed by atoms with Gasteiger partial charge in [0.05, 0.1) is 0 Å². The van der Waals surface area contributed by atoms with Crippen molar-refractivity contribution in [2.45, 2.75) is 49.7 Å². The van der Waals surface area contributed by atoms with Gasteiger partial charge in [0.2, 0.25) is 0 Å². The van der Waals surface area contributed by atoms with E-state index in [-0.39, 0.29) is 11.7 Å². The van der Waals surface area contributed by atoms with Crippen LogP contribution in [0.3, 0.4) is 0 Å². The van der Waals surface area contributed by atoms with Crippen LogP contribution < -0.4 is 4.74 Å². The number of alkyl halides is 3. The number of halogens is 3. The number of carbonyl (C=O) groups excluding carboxylic acids is 1. The molecule has 0 spiro atoms. The number of hydrogen-bond acceptors (Lipinski definition) is 4. The summed E-state index contributed by atoms with van der Waals surface area (Å²) in [6.07, 6.45) is -3.81. The van der Waals surface area contributed by atoms with E-state index in [9.17, 15) is 18.0 Å². The Bertz CT molecular complexity index is 1100. The summed E-state index contributed by atoms with van der Waals surface area (Å²) >= 11 is 0. The monoisotopic (exact) mass is 484 g/mol. The molecular weight excluding hydrogens is 457 g/mol. The van der Waals surface area contributed by atoms with Gasteiger partial charge in [-0.25, -0.2) is 4.79 Å². The lowest BCUT2D eigenvalue weighted by atomic mass is 9.91. The fourth-order valence-electron chi connectivity index (χ4n) is 4.49. The van der Waals surface area contributed by atoms with E-state index in [2.05, 4.69) is 0 Å². The third-order valence-corrected chi connectivity index (χ3v) is 6.29. The topological polar surface area (TPSA) is 44.8 Å². The van der Waals surface area contributed by atoms with Crippen molar-refractivity contribution in [2.75, 3.05) is 7.11 Å². The maximum atomic E-state index is 14.1. The molecule has 3 aromatic carbocycles. The van der Waals surface area contributed by atoms with Crippen molar-refractivity contribution in [1.82, 2.24) is 0 Å². The highest BCUT2D eigenvalue weighted by atomic mass is 19.4. The Balaban J connectivity index is 1.43. The molecule has 0 radical (unpaired) electrons. The van der Waals surface area contributed by atoms with Crippen molar-refractivity contribution in [3.8, 4) is 16.9 Å². The van der Waals surface area contributed by atoms with Gasteiger partial charge in [-0.3, -0.25) is 0 Å². The van der Waals surface area contributed by atoms with Crippen LogP contribution >= 0.6 is 0 Å². The Morgan fingerprint density at radius 2 is 1.37 bits per heavy atom. The van der Waals surface area contributed by atoms with Gasteiger partial charge in [-0.05, 0) is 42.5 Å². The molecule has 0 aliphatic heterocycles. The minimum Gasteiger partial charge on any atom is -0.490 e. The highest BCUT2D eigenvalue weighted by molar-refractivity contribution is 5.82. The van der Waals surface area contributed by atoms with Crippen LogP contribution in [-0.4, -0.2) is 31.5 Å². The van der Waals surface area contributed by atoms with Gasteiger partial charge in [-0.15, -0.1) is 0 Å². The summed E-state index contributed by atoms with van der Waals surface area (Å²) in [7, 11) is 0.869. The fraction of sp³-hybridized carbons (Fsp3) is 0.321. The van der Waals surface area contributed by atoms with E-state index >= 15 is 0 Å². The van der Waals surface area contributed by atoms with Crippen LogP contribution in [0.25, 0.3) is 11.1 Å². The van der Waals surface area contributed by atoms with E-state index in [0.29, 0.717) is 25.0 Å². The molecule has 3 atom stereocenters. The predicted molar refractivity (Wildman–Crippen MR) is 126 cm³/mol. The van der Waals surface area contributed by atoms with E-state index in [0.717, 1.165) is 24.7 Å². The van der Waals surface area contributed by atoms with Gasteiger partial charge in [0.15, 0.2) is 0 Å². The second-order valence-corrected chi connectivity index (χ2v) is 8.57. The molecule has 1 aliphatic carbocycles. The van der Waals surface area contributed by atoms with Crippen molar-refractivity contribution in [3.63, 3.8) is 0 Å². The van der Waals surface area contributed by atoms with Crippen molar-refractivity contribution in [2.24, 2.45) is 0 Å². The normalized spacial score (nSPS) is 20.0. The lowest BCUT2D eigenvalue weighted by Crippen LogP contribution is -2.53. The fourth-order valence-corrected chi connectivity index (χ4v) is 4.49. The summed E-state index contributed by atoms with van der Waals surface area (Å²) in [5.74, 6) is -0.802. The Hall–Kier alpha value is -3.32. The van der Waals surface area contributed by atoms with Crippen molar-refractivity contribution < 1.29 is 32.2 Å². The molecule has 1 fully saturated rings. The molecular formula is C28H27F3O4. The number of esters is 1. The Labute approximate surface area is 202 Å². The average molecular weight is 485 g/mol. The van der Waals surface area contributed by atoms with Crippen LogP contribution in [0.4, 0.5) is 13.2 Å². The Morgan fingerprint density at radius 1 is 0.800 bits per heavy atom. The summed E-state index contributed by atoms with van der Waals surface area (Å²) in [4.78, 5) is 12.9. The number of hydrogen-bond donors (Lipinski definition) is 0. The lowest BCUT2D eigenvalue weighted by molar-refractivity contribution is -0.278. The number of carbonyl (C=O) groups is 1. The molecule has 4 nitrogen and oxygen atoms in total. The molecule has 0 bridgehead atoms. The van der Waals surface area contributed by atoms with Gasteiger partial charge in [0.25, 0.3) is 5.60 Å². The standard InChI is InChI=1S/C28H27F3O4/c1-33-27(28(29,30)31,22-11-6-3-7-12-22)26(32)35-25-14-8-13-24(19-25)34-23-17-15-21(16-18-23)20-9-4-2-5-10-20/h2-7,9-12,15-18,24-25H,8,13-14,19H2,1H3/t24?,25?,27-/m0/s1. The van der Waals surface area contributed by atoms with E-state index in [4.69, 9.17) is 14.2 Å². The SMILES string of the molecule is CO[C@](C(=O)OC1CCCC(Oc2ccc(-c3ccccc3)cc2)C1)(c1ccccc1)C(F)(F)F. The molecule has 0 saturated heterocycles. The molecule has 35 heavy (non-hydrogen) atoms. The summed E-state index contributed by atoms with van der Waals surface area (Å²) in [6, 6.07) is 24.4. The van der Waals surface area contributed by atoms with Gasteiger partial charge in [-0.2, -0.15) is 13.2 Å². The summed E-state index contributed by atoms with van der Waals surface area (Å²) in [5, 5.41) is 0.